The summed E-state index contributed by atoms with van der Waals surface area (Å²) in [6, 6.07) is 1.99. The third-order valence-electron chi connectivity index (χ3n) is 2.91. The molecule has 0 aromatic carbocycles. The zero-order valence-electron chi connectivity index (χ0n) is 12.7. The first kappa shape index (κ1) is 18.4. The van der Waals surface area contributed by atoms with Crippen LogP contribution in [0.5, 0.6) is 0 Å². The molecule has 114 valence electrons. The largest absolute Gasteiger partial charge is 0.466 e. The topological polar surface area (TPSA) is 76.4 Å². The molecule has 1 unspecified atom stereocenters. The van der Waals surface area contributed by atoms with Crippen molar-refractivity contribution < 1.29 is 19.1 Å². The lowest BCUT2D eigenvalue weighted by molar-refractivity contribution is -0.159. The highest BCUT2D eigenvalue weighted by molar-refractivity contribution is 5.86. The molecule has 0 spiro atoms. The van der Waals surface area contributed by atoms with E-state index in [1.807, 2.05) is 26.8 Å². The molecule has 5 nitrogen and oxygen atoms in total. The van der Waals surface area contributed by atoms with Crippen LogP contribution in [0.1, 0.15) is 59.3 Å². The first-order valence-corrected chi connectivity index (χ1v) is 7.30. The molecule has 0 heterocycles. The van der Waals surface area contributed by atoms with Crippen molar-refractivity contribution in [2.75, 3.05) is 13.2 Å². The molecule has 0 fully saturated rings. The van der Waals surface area contributed by atoms with Gasteiger partial charge in [0, 0.05) is 0 Å². The highest BCUT2D eigenvalue weighted by Gasteiger charge is 2.42. The summed E-state index contributed by atoms with van der Waals surface area (Å²) in [5.41, 5.74) is -1.41. The van der Waals surface area contributed by atoms with Crippen LogP contribution in [0, 0.1) is 16.7 Å². The minimum absolute atomic E-state index is 0.230. The van der Waals surface area contributed by atoms with Crippen LogP contribution in [0.25, 0.3) is 0 Å². The Labute approximate surface area is 121 Å². The molecule has 0 aliphatic rings. The van der Waals surface area contributed by atoms with E-state index in [2.05, 4.69) is 0 Å². The Morgan fingerprint density at radius 1 is 1.05 bits per heavy atom. The van der Waals surface area contributed by atoms with Gasteiger partial charge in [-0.15, -0.1) is 0 Å². The molecule has 0 radical (unpaired) electrons. The van der Waals surface area contributed by atoms with E-state index in [1.165, 1.54) is 0 Å². The smallest absolute Gasteiger partial charge is 0.327 e. The van der Waals surface area contributed by atoms with Crippen LogP contribution in [0.3, 0.4) is 0 Å². The highest BCUT2D eigenvalue weighted by atomic mass is 16.5. The summed E-state index contributed by atoms with van der Waals surface area (Å²) < 4.78 is 10.1. The standard InChI is InChI=1S/C15H25NO4/c1-4-7-8-15(12-16,14(18)20-10-6-3)11-13(17)19-9-5-2/h4-11H2,1-3H3. The molecular formula is C15H25NO4. The van der Waals surface area contributed by atoms with Crippen molar-refractivity contribution in [2.45, 2.75) is 59.3 Å². The molecule has 0 saturated heterocycles. The number of hydrogen-bond donors (Lipinski definition) is 0. The number of hydrogen-bond acceptors (Lipinski definition) is 5. The fourth-order valence-electron chi connectivity index (χ4n) is 1.73. The van der Waals surface area contributed by atoms with Gasteiger partial charge in [-0.25, -0.2) is 0 Å². The molecule has 0 aromatic rings. The second-order valence-electron chi connectivity index (χ2n) is 4.83. The van der Waals surface area contributed by atoms with Gasteiger partial charge in [-0.2, -0.15) is 5.26 Å². The summed E-state index contributed by atoms with van der Waals surface area (Å²) in [7, 11) is 0. The Bertz CT molecular complexity index is 348. The number of ether oxygens (including phenoxy) is 2. The van der Waals surface area contributed by atoms with E-state index in [0.29, 0.717) is 32.3 Å². The van der Waals surface area contributed by atoms with Crippen LogP contribution >= 0.6 is 0 Å². The van der Waals surface area contributed by atoms with Crippen molar-refractivity contribution in [2.24, 2.45) is 5.41 Å². The van der Waals surface area contributed by atoms with Crippen LogP contribution in [0.2, 0.25) is 0 Å². The molecule has 0 N–H and O–H groups in total. The molecule has 20 heavy (non-hydrogen) atoms. The van der Waals surface area contributed by atoms with E-state index in [0.717, 1.165) is 6.42 Å². The summed E-state index contributed by atoms with van der Waals surface area (Å²) in [6.45, 7) is 6.30. The van der Waals surface area contributed by atoms with Gasteiger partial charge in [-0.3, -0.25) is 9.59 Å². The van der Waals surface area contributed by atoms with Gasteiger partial charge in [-0.1, -0.05) is 33.6 Å². The minimum Gasteiger partial charge on any atom is -0.466 e. The van der Waals surface area contributed by atoms with Gasteiger partial charge < -0.3 is 9.47 Å². The van der Waals surface area contributed by atoms with Gasteiger partial charge in [0.1, 0.15) is 0 Å². The lowest BCUT2D eigenvalue weighted by Gasteiger charge is -2.23. The van der Waals surface area contributed by atoms with Crippen molar-refractivity contribution in [3.8, 4) is 6.07 Å². The van der Waals surface area contributed by atoms with Gasteiger partial charge in [0.15, 0.2) is 5.41 Å². The predicted octanol–water partition coefficient (Wildman–Crippen LogP) is 2.98. The number of nitriles is 1. The van der Waals surface area contributed by atoms with Crippen molar-refractivity contribution >= 4 is 11.9 Å². The number of rotatable bonds is 10. The molecule has 0 saturated carbocycles. The maximum absolute atomic E-state index is 12.1. The summed E-state index contributed by atoms with van der Waals surface area (Å²) in [6.07, 6.45) is 3.02. The molecule has 0 bridgehead atoms. The van der Waals surface area contributed by atoms with Gasteiger partial charge in [-0.05, 0) is 19.3 Å². The zero-order chi connectivity index (χ0) is 15.4. The maximum atomic E-state index is 12.1. The van der Waals surface area contributed by atoms with Gasteiger partial charge in [0.25, 0.3) is 0 Å². The molecule has 0 amide bonds. The minimum atomic E-state index is -1.41. The second kappa shape index (κ2) is 10.2. The molecule has 5 heteroatoms. The summed E-state index contributed by atoms with van der Waals surface area (Å²) >= 11 is 0. The molecule has 0 aliphatic heterocycles. The number of unbranched alkanes of at least 4 members (excludes halogenated alkanes) is 1. The van der Waals surface area contributed by atoms with Gasteiger partial charge >= 0.3 is 11.9 Å². The van der Waals surface area contributed by atoms with E-state index in [9.17, 15) is 14.9 Å². The van der Waals surface area contributed by atoms with Crippen molar-refractivity contribution in [1.82, 2.24) is 0 Å². The van der Waals surface area contributed by atoms with E-state index in [1.54, 1.807) is 0 Å². The molecule has 0 aliphatic carbocycles. The Morgan fingerprint density at radius 2 is 1.65 bits per heavy atom. The average Bonchev–Trinajstić information content (AvgIpc) is 2.46. The normalized spacial score (nSPS) is 13.1. The quantitative estimate of drug-likeness (QED) is 0.576. The Balaban J connectivity index is 4.88. The Hall–Kier alpha value is -1.57. The van der Waals surface area contributed by atoms with Crippen LogP contribution < -0.4 is 0 Å². The van der Waals surface area contributed by atoms with Crippen LogP contribution in [-0.4, -0.2) is 25.2 Å². The number of esters is 2. The second-order valence-corrected chi connectivity index (χ2v) is 4.83. The monoisotopic (exact) mass is 283 g/mol. The lowest BCUT2D eigenvalue weighted by atomic mass is 9.81. The van der Waals surface area contributed by atoms with Crippen LogP contribution in [-0.2, 0) is 19.1 Å². The third-order valence-corrected chi connectivity index (χ3v) is 2.91. The van der Waals surface area contributed by atoms with Gasteiger partial charge in [0.2, 0.25) is 0 Å². The summed E-state index contributed by atoms with van der Waals surface area (Å²) in [4.78, 5) is 23.9. The van der Waals surface area contributed by atoms with E-state index >= 15 is 0 Å². The zero-order valence-corrected chi connectivity index (χ0v) is 12.7. The Kier molecular flexibility index (Phi) is 9.44. The maximum Gasteiger partial charge on any atom is 0.327 e. The number of nitrogens with zero attached hydrogens (tertiary/aromatic N) is 1. The van der Waals surface area contributed by atoms with E-state index in [-0.39, 0.29) is 13.0 Å². The number of carbonyl (C=O) groups excluding carboxylic acids is 2. The summed E-state index contributed by atoms with van der Waals surface area (Å²) in [5.74, 6) is -1.12. The third kappa shape index (κ3) is 6.05. The van der Waals surface area contributed by atoms with Crippen LogP contribution in [0.15, 0.2) is 0 Å². The van der Waals surface area contributed by atoms with E-state index < -0.39 is 17.4 Å². The SMILES string of the molecule is CCCCC(C#N)(CC(=O)OCCC)C(=O)OCCC. The fraction of sp³-hybridized carbons (Fsp3) is 0.800. The van der Waals surface area contributed by atoms with Gasteiger partial charge in [0.05, 0.1) is 25.7 Å². The number of carbonyl (C=O) groups is 2. The molecule has 0 aromatic heterocycles. The Morgan fingerprint density at radius 3 is 2.15 bits per heavy atom. The van der Waals surface area contributed by atoms with Crippen molar-refractivity contribution in [3.63, 3.8) is 0 Å². The first-order valence-electron chi connectivity index (χ1n) is 7.30. The molecular weight excluding hydrogens is 258 g/mol. The lowest BCUT2D eigenvalue weighted by Crippen LogP contribution is -2.35. The molecule has 0 rings (SSSR count). The van der Waals surface area contributed by atoms with Crippen molar-refractivity contribution in [3.05, 3.63) is 0 Å². The van der Waals surface area contributed by atoms with E-state index in [4.69, 9.17) is 9.47 Å². The molecule has 1 atom stereocenters. The highest BCUT2D eigenvalue weighted by Crippen LogP contribution is 2.30. The fourth-order valence-corrected chi connectivity index (χ4v) is 1.73. The first-order chi connectivity index (χ1) is 9.56. The predicted molar refractivity (Wildman–Crippen MR) is 74.7 cm³/mol. The van der Waals surface area contributed by atoms with Crippen molar-refractivity contribution in [1.29, 1.82) is 5.26 Å². The summed E-state index contributed by atoms with van der Waals surface area (Å²) in [5, 5.41) is 9.39. The average molecular weight is 283 g/mol. The van der Waals surface area contributed by atoms with Crippen LogP contribution in [0.4, 0.5) is 0 Å².